The van der Waals surface area contributed by atoms with Crippen molar-refractivity contribution in [1.82, 2.24) is 0 Å². The molecule has 0 saturated heterocycles. The summed E-state index contributed by atoms with van der Waals surface area (Å²) in [5.74, 6) is 0. The first-order chi connectivity index (χ1) is 27.3. The van der Waals surface area contributed by atoms with Gasteiger partial charge >= 0.3 is 0 Å². The maximum atomic E-state index is 2.46. The largest absolute Gasteiger partial charge is 0.310 e. The zero-order chi connectivity index (χ0) is 36.3. The molecular weight excluding hydrogens is 703 g/mol. The molecule has 0 radical (unpaired) electrons. The third-order valence-corrected chi connectivity index (χ3v) is 13.1. The summed E-state index contributed by atoms with van der Waals surface area (Å²) >= 11 is 3.73. The van der Waals surface area contributed by atoms with Crippen molar-refractivity contribution in [3.63, 3.8) is 0 Å². The van der Waals surface area contributed by atoms with Gasteiger partial charge in [-0.3, -0.25) is 0 Å². The van der Waals surface area contributed by atoms with Crippen molar-refractivity contribution >= 4 is 90.9 Å². The second-order valence-electron chi connectivity index (χ2n) is 14.1. The number of hydrogen-bond acceptors (Lipinski definition) is 3. The molecule has 11 rings (SSSR count). The summed E-state index contributed by atoms with van der Waals surface area (Å²) in [6, 6.07) is 73.5. The highest BCUT2D eigenvalue weighted by Crippen LogP contribution is 2.47. The Balaban J connectivity index is 1.14. The minimum absolute atomic E-state index is 1.11. The van der Waals surface area contributed by atoms with Gasteiger partial charge in [0.2, 0.25) is 0 Å². The lowest BCUT2D eigenvalue weighted by molar-refractivity contribution is 1.28. The van der Waals surface area contributed by atoms with Gasteiger partial charge in [0.1, 0.15) is 0 Å². The molecular formula is C52H33NS2. The Hall–Kier alpha value is -6.52. The molecule has 0 aliphatic carbocycles. The van der Waals surface area contributed by atoms with Gasteiger partial charge in [-0.15, -0.1) is 22.7 Å². The number of para-hydroxylation sites is 1. The quantitative estimate of drug-likeness (QED) is 0.164. The molecule has 9 aromatic carbocycles. The fourth-order valence-electron chi connectivity index (χ4n) is 8.34. The molecule has 0 N–H and O–H groups in total. The lowest BCUT2D eigenvalue weighted by Gasteiger charge is -2.29. The second-order valence-corrected chi connectivity index (χ2v) is 16.2. The van der Waals surface area contributed by atoms with Crippen LogP contribution in [-0.4, -0.2) is 0 Å². The van der Waals surface area contributed by atoms with Crippen molar-refractivity contribution in [2.24, 2.45) is 0 Å². The van der Waals surface area contributed by atoms with Gasteiger partial charge in [-0.2, -0.15) is 0 Å². The van der Waals surface area contributed by atoms with Gasteiger partial charge in [0, 0.05) is 57.3 Å². The standard InChI is InChI=1S/C52H33NS2/c1-2-14-35-31-37(30-29-34(35)13-1)36-15-9-17-39(32-36)53(40-18-10-16-38(33-40)41-22-11-27-49-51(41)44-20-4-7-25-47(44)54-49)46-24-6-3-19-42(46)43-23-12-28-50-52(43)45-21-5-8-26-48(45)55-50/h1-33H. The van der Waals surface area contributed by atoms with E-state index in [4.69, 9.17) is 0 Å². The highest BCUT2D eigenvalue weighted by atomic mass is 32.1. The molecule has 258 valence electrons. The summed E-state index contributed by atoms with van der Waals surface area (Å²) in [4.78, 5) is 2.46. The summed E-state index contributed by atoms with van der Waals surface area (Å²) in [5, 5.41) is 7.73. The van der Waals surface area contributed by atoms with E-state index in [1.54, 1.807) is 0 Å². The van der Waals surface area contributed by atoms with Gasteiger partial charge in [0.25, 0.3) is 0 Å². The first kappa shape index (κ1) is 32.0. The molecule has 0 spiro atoms. The van der Waals surface area contributed by atoms with Crippen LogP contribution in [-0.2, 0) is 0 Å². The molecule has 0 atom stereocenters. The predicted molar refractivity (Wildman–Crippen MR) is 241 cm³/mol. The number of thiophene rings is 2. The summed E-state index contributed by atoms with van der Waals surface area (Å²) in [7, 11) is 0. The predicted octanol–water partition coefficient (Wildman–Crippen LogP) is 16.0. The highest BCUT2D eigenvalue weighted by molar-refractivity contribution is 7.26. The Bertz CT molecular complexity index is 3240. The van der Waals surface area contributed by atoms with E-state index in [9.17, 15) is 0 Å². The van der Waals surface area contributed by atoms with Crippen molar-refractivity contribution in [3.05, 3.63) is 200 Å². The molecule has 0 amide bonds. The van der Waals surface area contributed by atoms with Crippen LogP contribution in [0, 0.1) is 0 Å². The normalized spacial score (nSPS) is 11.6. The molecule has 11 aromatic rings. The molecule has 2 heterocycles. The molecule has 0 aliphatic rings. The van der Waals surface area contributed by atoms with Gasteiger partial charge in [0.15, 0.2) is 0 Å². The van der Waals surface area contributed by atoms with E-state index in [1.165, 1.54) is 84.5 Å². The fourth-order valence-corrected chi connectivity index (χ4v) is 10.6. The molecule has 3 heteroatoms. The van der Waals surface area contributed by atoms with Gasteiger partial charge in [-0.05, 0) is 99.3 Å². The van der Waals surface area contributed by atoms with Gasteiger partial charge in [-0.1, -0.05) is 140 Å². The monoisotopic (exact) mass is 735 g/mol. The highest BCUT2D eigenvalue weighted by Gasteiger charge is 2.21. The van der Waals surface area contributed by atoms with Crippen LogP contribution in [0.15, 0.2) is 200 Å². The number of benzene rings is 9. The minimum atomic E-state index is 1.11. The smallest absolute Gasteiger partial charge is 0.0540 e. The van der Waals surface area contributed by atoms with Crippen LogP contribution in [0.3, 0.4) is 0 Å². The average Bonchev–Trinajstić information content (AvgIpc) is 3.83. The van der Waals surface area contributed by atoms with Crippen molar-refractivity contribution < 1.29 is 0 Å². The van der Waals surface area contributed by atoms with Crippen LogP contribution in [0.25, 0.3) is 84.5 Å². The van der Waals surface area contributed by atoms with E-state index in [-0.39, 0.29) is 0 Å². The number of nitrogens with zero attached hydrogens (tertiary/aromatic N) is 1. The van der Waals surface area contributed by atoms with Crippen molar-refractivity contribution in [1.29, 1.82) is 0 Å². The van der Waals surface area contributed by atoms with Crippen molar-refractivity contribution in [2.45, 2.75) is 0 Å². The second kappa shape index (κ2) is 13.1. The fraction of sp³-hybridized carbons (Fsp3) is 0. The number of fused-ring (bicyclic) bond motifs is 7. The molecule has 0 saturated carbocycles. The van der Waals surface area contributed by atoms with E-state index in [2.05, 4.69) is 205 Å². The van der Waals surface area contributed by atoms with Gasteiger partial charge in [-0.25, -0.2) is 0 Å². The van der Waals surface area contributed by atoms with E-state index in [0.29, 0.717) is 0 Å². The Morgan fingerprint density at radius 3 is 1.56 bits per heavy atom. The Kier molecular flexibility index (Phi) is 7.61. The van der Waals surface area contributed by atoms with Crippen molar-refractivity contribution in [2.75, 3.05) is 4.90 Å². The van der Waals surface area contributed by atoms with E-state index in [0.717, 1.165) is 17.1 Å². The summed E-state index contributed by atoms with van der Waals surface area (Å²) in [5.41, 5.74) is 10.6. The molecule has 55 heavy (non-hydrogen) atoms. The molecule has 0 aliphatic heterocycles. The Morgan fingerprint density at radius 2 is 0.818 bits per heavy atom. The van der Waals surface area contributed by atoms with Gasteiger partial charge in [0.05, 0.1) is 5.69 Å². The first-order valence-electron chi connectivity index (χ1n) is 18.7. The summed E-state index contributed by atoms with van der Waals surface area (Å²) in [6.07, 6.45) is 0. The molecule has 0 fully saturated rings. The molecule has 2 aromatic heterocycles. The topological polar surface area (TPSA) is 3.24 Å². The van der Waals surface area contributed by atoms with E-state index in [1.807, 2.05) is 22.7 Å². The van der Waals surface area contributed by atoms with Crippen LogP contribution in [0.2, 0.25) is 0 Å². The molecule has 0 bridgehead atoms. The Morgan fingerprint density at radius 1 is 0.309 bits per heavy atom. The van der Waals surface area contributed by atoms with Crippen LogP contribution < -0.4 is 4.90 Å². The molecule has 1 nitrogen and oxygen atoms in total. The minimum Gasteiger partial charge on any atom is -0.310 e. The zero-order valence-electron chi connectivity index (χ0n) is 29.8. The summed E-state index contributed by atoms with van der Waals surface area (Å²) < 4.78 is 5.24. The van der Waals surface area contributed by atoms with Crippen LogP contribution in [0.4, 0.5) is 17.1 Å². The average molecular weight is 736 g/mol. The maximum absolute atomic E-state index is 2.46. The van der Waals surface area contributed by atoms with E-state index < -0.39 is 0 Å². The SMILES string of the molecule is c1cc(-c2ccc3ccccc3c2)cc(N(c2cccc(-c3cccc4sc5ccccc5c34)c2)c2ccccc2-c2cccc3sc4ccccc4c23)c1. The summed E-state index contributed by atoms with van der Waals surface area (Å²) in [6.45, 7) is 0. The third-order valence-electron chi connectivity index (χ3n) is 10.8. The number of rotatable bonds is 6. The van der Waals surface area contributed by atoms with Crippen LogP contribution >= 0.6 is 22.7 Å². The van der Waals surface area contributed by atoms with Crippen LogP contribution in [0.1, 0.15) is 0 Å². The first-order valence-corrected chi connectivity index (χ1v) is 20.3. The number of hydrogen-bond donors (Lipinski definition) is 0. The zero-order valence-corrected chi connectivity index (χ0v) is 31.4. The lowest BCUT2D eigenvalue weighted by Crippen LogP contribution is -2.11. The molecule has 0 unspecified atom stereocenters. The maximum Gasteiger partial charge on any atom is 0.0540 e. The third kappa shape index (κ3) is 5.43. The number of anilines is 3. The lowest BCUT2D eigenvalue weighted by atomic mass is 9.95. The van der Waals surface area contributed by atoms with Gasteiger partial charge < -0.3 is 4.90 Å². The Labute approximate surface area is 327 Å². The van der Waals surface area contributed by atoms with Crippen molar-refractivity contribution in [3.8, 4) is 33.4 Å². The van der Waals surface area contributed by atoms with E-state index >= 15 is 0 Å². The van der Waals surface area contributed by atoms with Crippen LogP contribution in [0.5, 0.6) is 0 Å².